The van der Waals surface area contributed by atoms with Gasteiger partial charge >= 0.3 is 0 Å². The van der Waals surface area contributed by atoms with Gasteiger partial charge in [0.25, 0.3) is 0 Å². The molecule has 21 heavy (non-hydrogen) atoms. The number of fused-ring (bicyclic) bond motifs is 1. The highest BCUT2D eigenvalue weighted by molar-refractivity contribution is 5.21. The Labute approximate surface area is 130 Å². The molecule has 0 fully saturated rings. The number of nitrogens with zero attached hydrogens (tertiary/aromatic N) is 2. The van der Waals surface area contributed by atoms with Crippen molar-refractivity contribution >= 4 is 0 Å². The Morgan fingerprint density at radius 2 is 1.90 bits per heavy atom. The Morgan fingerprint density at radius 1 is 1.19 bits per heavy atom. The Hall–Kier alpha value is -0.960. The predicted octanol–water partition coefficient (Wildman–Crippen LogP) is 3.56. The second-order valence-electron chi connectivity index (χ2n) is 8.74. The summed E-state index contributed by atoms with van der Waals surface area (Å²) in [5.41, 5.74) is 3.10. The van der Waals surface area contributed by atoms with Crippen molar-refractivity contribution < 1.29 is 0 Å². The van der Waals surface area contributed by atoms with E-state index in [1.165, 1.54) is 17.7 Å². The first-order valence-electron chi connectivity index (χ1n) is 8.21. The Balaban J connectivity index is 1.99. The zero-order valence-electron chi connectivity index (χ0n) is 14.6. The van der Waals surface area contributed by atoms with Crippen LogP contribution in [0.4, 0.5) is 0 Å². The molecule has 0 bridgehead atoms. The summed E-state index contributed by atoms with van der Waals surface area (Å²) in [4.78, 5) is 9.40. The van der Waals surface area contributed by atoms with Crippen LogP contribution in [0.5, 0.6) is 0 Å². The Morgan fingerprint density at radius 3 is 2.52 bits per heavy atom. The number of hydrogen-bond acceptors (Lipinski definition) is 3. The molecule has 3 nitrogen and oxygen atoms in total. The van der Waals surface area contributed by atoms with Crippen molar-refractivity contribution in [3.8, 4) is 0 Å². The summed E-state index contributed by atoms with van der Waals surface area (Å²) in [7, 11) is 0. The summed E-state index contributed by atoms with van der Waals surface area (Å²) in [5.74, 6) is 1.72. The number of nitrogens with one attached hydrogen (secondary N) is 1. The van der Waals surface area contributed by atoms with E-state index in [1.807, 2.05) is 0 Å². The first kappa shape index (κ1) is 16.4. The van der Waals surface area contributed by atoms with Crippen LogP contribution in [0, 0.1) is 11.3 Å². The van der Waals surface area contributed by atoms with Crippen LogP contribution in [0.3, 0.4) is 0 Å². The second-order valence-corrected chi connectivity index (χ2v) is 8.74. The van der Waals surface area contributed by atoms with Crippen molar-refractivity contribution in [3.05, 3.63) is 23.3 Å². The third-order valence-electron chi connectivity index (χ3n) is 3.91. The van der Waals surface area contributed by atoms with Gasteiger partial charge in [0.2, 0.25) is 0 Å². The maximum Gasteiger partial charge on any atom is 0.129 e. The van der Waals surface area contributed by atoms with Gasteiger partial charge in [-0.2, -0.15) is 0 Å². The number of rotatable bonds is 3. The van der Waals surface area contributed by atoms with E-state index >= 15 is 0 Å². The van der Waals surface area contributed by atoms with E-state index < -0.39 is 0 Å². The third-order valence-corrected chi connectivity index (χ3v) is 3.91. The van der Waals surface area contributed by atoms with Crippen molar-refractivity contribution in [3.63, 3.8) is 0 Å². The van der Waals surface area contributed by atoms with Crippen LogP contribution in [0.2, 0.25) is 0 Å². The number of aromatic nitrogens is 2. The minimum absolute atomic E-state index is 0.202. The standard InChI is InChI=1S/C18H31N3/c1-17(2,3)10-16-19-12-14-9-13(7-8-15(14)21-16)11-20-18(4,5)6/h12-13,20H,7-11H2,1-6H3. The fraction of sp³-hybridized carbons (Fsp3) is 0.778. The van der Waals surface area contributed by atoms with Crippen LogP contribution in [-0.4, -0.2) is 22.1 Å². The quantitative estimate of drug-likeness (QED) is 0.924. The maximum atomic E-state index is 4.81. The van der Waals surface area contributed by atoms with E-state index in [9.17, 15) is 0 Å². The van der Waals surface area contributed by atoms with E-state index in [1.54, 1.807) is 0 Å². The maximum absolute atomic E-state index is 4.81. The van der Waals surface area contributed by atoms with E-state index in [-0.39, 0.29) is 11.0 Å². The third kappa shape index (κ3) is 5.39. The van der Waals surface area contributed by atoms with Gasteiger partial charge in [-0.3, -0.25) is 0 Å². The van der Waals surface area contributed by atoms with E-state index in [0.717, 1.165) is 31.6 Å². The SMILES string of the molecule is CC(C)(C)Cc1ncc2c(n1)CCC(CNC(C)(C)C)C2. The molecule has 0 aliphatic heterocycles. The summed E-state index contributed by atoms with van der Waals surface area (Å²) in [6, 6.07) is 0. The minimum Gasteiger partial charge on any atom is -0.312 e. The Kier molecular flexibility index (Phi) is 4.72. The molecular weight excluding hydrogens is 258 g/mol. The summed E-state index contributed by atoms with van der Waals surface area (Å²) < 4.78 is 0. The molecule has 1 N–H and O–H groups in total. The lowest BCUT2D eigenvalue weighted by atomic mass is 9.86. The molecule has 2 rings (SSSR count). The summed E-state index contributed by atoms with van der Waals surface area (Å²) in [5, 5.41) is 3.62. The van der Waals surface area contributed by atoms with E-state index in [0.29, 0.717) is 5.92 Å². The highest BCUT2D eigenvalue weighted by atomic mass is 14.9. The molecule has 1 atom stereocenters. The first-order chi connectivity index (χ1) is 9.62. The fourth-order valence-electron chi connectivity index (χ4n) is 2.81. The van der Waals surface area contributed by atoms with Crippen molar-refractivity contribution in [2.24, 2.45) is 11.3 Å². The van der Waals surface area contributed by atoms with E-state index in [2.05, 4.69) is 58.0 Å². The normalized spacial score (nSPS) is 19.4. The highest BCUT2D eigenvalue weighted by Gasteiger charge is 2.23. The number of aryl methyl sites for hydroxylation is 1. The van der Waals surface area contributed by atoms with Crippen molar-refractivity contribution in [2.75, 3.05) is 6.54 Å². The van der Waals surface area contributed by atoms with Crippen LogP contribution in [0.25, 0.3) is 0 Å². The average molecular weight is 289 g/mol. The van der Waals surface area contributed by atoms with Gasteiger partial charge in [-0.25, -0.2) is 9.97 Å². The molecule has 0 radical (unpaired) electrons. The van der Waals surface area contributed by atoms with Gasteiger partial charge in [-0.1, -0.05) is 20.8 Å². The van der Waals surface area contributed by atoms with Crippen LogP contribution in [-0.2, 0) is 19.3 Å². The second kappa shape index (κ2) is 6.04. The molecule has 1 heterocycles. The lowest BCUT2D eigenvalue weighted by molar-refractivity contribution is 0.345. The van der Waals surface area contributed by atoms with Gasteiger partial charge in [0, 0.05) is 23.9 Å². The Bertz CT molecular complexity index is 480. The molecule has 0 saturated carbocycles. The largest absolute Gasteiger partial charge is 0.312 e. The summed E-state index contributed by atoms with van der Waals surface area (Å²) in [6.45, 7) is 14.5. The van der Waals surface area contributed by atoms with Crippen LogP contribution in [0.15, 0.2) is 6.20 Å². The van der Waals surface area contributed by atoms with Crippen LogP contribution >= 0.6 is 0 Å². The van der Waals surface area contributed by atoms with Crippen LogP contribution in [0.1, 0.15) is 65.0 Å². The number of hydrogen-bond donors (Lipinski definition) is 1. The first-order valence-corrected chi connectivity index (χ1v) is 8.21. The van der Waals surface area contributed by atoms with E-state index in [4.69, 9.17) is 4.98 Å². The fourth-order valence-corrected chi connectivity index (χ4v) is 2.81. The van der Waals surface area contributed by atoms with Gasteiger partial charge in [0.1, 0.15) is 5.82 Å². The van der Waals surface area contributed by atoms with Gasteiger partial charge in [-0.05, 0) is 63.5 Å². The average Bonchev–Trinajstić information content (AvgIpc) is 2.33. The highest BCUT2D eigenvalue weighted by Crippen LogP contribution is 2.25. The summed E-state index contributed by atoms with van der Waals surface area (Å²) in [6.07, 6.45) is 6.49. The van der Waals surface area contributed by atoms with Crippen molar-refractivity contribution in [1.29, 1.82) is 0 Å². The molecule has 0 amide bonds. The van der Waals surface area contributed by atoms with Crippen molar-refractivity contribution in [1.82, 2.24) is 15.3 Å². The van der Waals surface area contributed by atoms with Crippen LogP contribution < -0.4 is 5.32 Å². The zero-order chi connectivity index (χ0) is 15.7. The summed E-state index contributed by atoms with van der Waals surface area (Å²) >= 11 is 0. The molecule has 1 aromatic heterocycles. The molecule has 0 spiro atoms. The molecule has 1 aromatic rings. The molecular formula is C18H31N3. The smallest absolute Gasteiger partial charge is 0.129 e. The molecule has 1 unspecified atom stereocenters. The lowest BCUT2D eigenvalue weighted by Crippen LogP contribution is -2.40. The van der Waals surface area contributed by atoms with Gasteiger partial charge in [0.05, 0.1) is 0 Å². The topological polar surface area (TPSA) is 37.8 Å². The van der Waals surface area contributed by atoms with Gasteiger partial charge < -0.3 is 5.32 Å². The van der Waals surface area contributed by atoms with Gasteiger partial charge in [0.15, 0.2) is 0 Å². The molecule has 0 saturated heterocycles. The van der Waals surface area contributed by atoms with Crippen molar-refractivity contribution in [2.45, 2.75) is 72.8 Å². The molecule has 3 heteroatoms. The molecule has 0 aromatic carbocycles. The molecule has 1 aliphatic carbocycles. The molecule has 118 valence electrons. The molecule has 1 aliphatic rings. The monoisotopic (exact) mass is 289 g/mol. The van der Waals surface area contributed by atoms with Gasteiger partial charge in [-0.15, -0.1) is 0 Å². The predicted molar refractivity (Wildman–Crippen MR) is 88.5 cm³/mol. The zero-order valence-corrected chi connectivity index (χ0v) is 14.6. The lowest BCUT2D eigenvalue weighted by Gasteiger charge is -2.28. The minimum atomic E-state index is 0.202.